The average Bonchev–Trinajstić information content (AvgIpc) is 3.61. The topological polar surface area (TPSA) is 114 Å². The number of thiophene rings is 1. The van der Waals surface area contributed by atoms with Crippen LogP contribution in [0.25, 0.3) is 0 Å². The lowest BCUT2D eigenvalue weighted by Gasteiger charge is -2.31. The molecule has 1 aromatic heterocycles. The van der Waals surface area contributed by atoms with Gasteiger partial charge in [0.15, 0.2) is 0 Å². The molecule has 9 nitrogen and oxygen atoms in total. The van der Waals surface area contributed by atoms with Crippen LogP contribution < -0.4 is 10.6 Å². The minimum Gasteiger partial charge on any atom is -0.465 e. The number of carbonyl (C=O) groups excluding carboxylic acids is 4. The smallest absolute Gasteiger partial charge is 0.337 e. The Morgan fingerprint density at radius 2 is 1.21 bits per heavy atom. The number of methoxy groups -OCH3 is 2. The Morgan fingerprint density at radius 3 is 1.82 bits per heavy atom. The third kappa shape index (κ3) is 10.4. The lowest BCUT2D eigenvalue weighted by atomic mass is 9.95. The largest absolute Gasteiger partial charge is 0.465 e. The summed E-state index contributed by atoms with van der Waals surface area (Å²) in [6.45, 7) is 5.62. The van der Waals surface area contributed by atoms with Gasteiger partial charge in [-0.2, -0.15) is 0 Å². The maximum absolute atomic E-state index is 14.0. The molecule has 10 heteroatoms. The van der Waals surface area contributed by atoms with Gasteiger partial charge in [-0.05, 0) is 128 Å². The molecule has 2 amide bonds. The molecule has 0 unspecified atom stereocenters. The summed E-state index contributed by atoms with van der Waals surface area (Å²) in [5.74, 6) is -1.19. The summed E-state index contributed by atoms with van der Waals surface area (Å²) in [6.07, 6.45) is 7.28. The van der Waals surface area contributed by atoms with Crippen molar-refractivity contribution in [3.63, 3.8) is 0 Å². The first-order valence-electron chi connectivity index (χ1n) is 19.7. The van der Waals surface area contributed by atoms with Crippen LogP contribution in [0.3, 0.4) is 0 Å². The van der Waals surface area contributed by atoms with Crippen LogP contribution in [0.1, 0.15) is 114 Å². The summed E-state index contributed by atoms with van der Waals surface area (Å²) < 4.78 is 9.73. The Hall–Kier alpha value is -5.58. The first kappa shape index (κ1) is 41.1. The van der Waals surface area contributed by atoms with Gasteiger partial charge in [-0.15, -0.1) is 11.3 Å². The highest BCUT2D eigenvalue weighted by Gasteiger charge is 2.27. The van der Waals surface area contributed by atoms with Crippen molar-refractivity contribution < 1.29 is 28.7 Å². The highest BCUT2D eigenvalue weighted by atomic mass is 32.1. The second kappa shape index (κ2) is 19.5. The summed E-state index contributed by atoms with van der Waals surface area (Å²) in [7, 11) is 2.76. The first-order valence-corrected chi connectivity index (χ1v) is 20.5. The van der Waals surface area contributed by atoms with Crippen LogP contribution in [-0.4, -0.2) is 48.9 Å². The number of hydrogen-bond acceptors (Lipinski definition) is 8. The van der Waals surface area contributed by atoms with Gasteiger partial charge in [-0.25, -0.2) is 9.59 Å². The van der Waals surface area contributed by atoms with Crippen molar-refractivity contribution in [1.29, 1.82) is 0 Å². The summed E-state index contributed by atoms with van der Waals surface area (Å²) in [5.41, 5.74) is 8.10. The Kier molecular flexibility index (Phi) is 14.1. The average molecular weight is 786 g/mol. The number of benzene rings is 4. The number of hydrogen-bond donors (Lipinski definition) is 2. The highest BCUT2D eigenvalue weighted by molar-refractivity contribution is 7.17. The number of rotatable bonds is 16. The van der Waals surface area contributed by atoms with E-state index in [2.05, 4.69) is 29.4 Å². The van der Waals surface area contributed by atoms with Gasteiger partial charge < -0.3 is 20.1 Å². The molecule has 2 N–H and O–H groups in total. The van der Waals surface area contributed by atoms with Crippen LogP contribution in [0, 0.1) is 0 Å². The number of nitrogens with one attached hydrogen (secondary N) is 2. The van der Waals surface area contributed by atoms with Crippen LogP contribution in [0.4, 0.5) is 10.7 Å². The molecule has 1 aliphatic carbocycles. The van der Waals surface area contributed by atoms with E-state index in [1.54, 1.807) is 18.2 Å². The van der Waals surface area contributed by atoms with E-state index in [0.29, 0.717) is 52.1 Å². The van der Waals surface area contributed by atoms with Crippen LogP contribution in [0.15, 0.2) is 97.1 Å². The molecule has 0 aliphatic heterocycles. The molecular weight excluding hydrogens is 735 g/mol. The predicted molar refractivity (Wildman–Crippen MR) is 226 cm³/mol. The number of fused-ring (bicyclic) bond motifs is 1. The second-order valence-electron chi connectivity index (χ2n) is 14.5. The molecule has 0 saturated carbocycles. The summed E-state index contributed by atoms with van der Waals surface area (Å²) >= 11 is 1.51. The van der Waals surface area contributed by atoms with Gasteiger partial charge in [-0.1, -0.05) is 62.4 Å². The van der Waals surface area contributed by atoms with E-state index in [1.807, 2.05) is 78.9 Å². The minimum absolute atomic E-state index is 0.228. The summed E-state index contributed by atoms with van der Waals surface area (Å²) in [4.78, 5) is 55.4. The lowest BCUT2D eigenvalue weighted by Crippen LogP contribution is -2.33. The fourth-order valence-electron chi connectivity index (χ4n) is 7.55. The van der Waals surface area contributed by atoms with Crippen molar-refractivity contribution in [2.75, 3.05) is 24.9 Å². The van der Waals surface area contributed by atoms with Gasteiger partial charge in [0.1, 0.15) is 5.00 Å². The van der Waals surface area contributed by atoms with E-state index in [0.717, 1.165) is 84.1 Å². The Bertz CT molecular complexity index is 2190. The van der Waals surface area contributed by atoms with Gasteiger partial charge >= 0.3 is 11.9 Å². The van der Waals surface area contributed by atoms with Gasteiger partial charge in [0.05, 0.1) is 30.9 Å². The van der Waals surface area contributed by atoms with E-state index in [4.69, 9.17) is 9.47 Å². The van der Waals surface area contributed by atoms with Crippen molar-refractivity contribution in [2.45, 2.75) is 84.3 Å². The zero-order valence-corrected chi connectivity index (χ0v) is 34.0. The predicted octanol–water partition coefficient (Wildman–Crippen LogP) is 9.68. The van der Waals surface area contributed by atoms with Crippen molar-refractivity contribution >= 4 is 45.8 Å². The van der Waals surface area contributed by atoms with E-state index in [-0.39, 0.29) is 23.8 Å². The molecule has 1 heterocycles. The molecule has 5 aromatic rings. The van der Waals surface area contributed by atoms with Gasteiger partial charge in [0.25, 0.3) is 11.8 Å². The van der Waals surface area contributed by atoms with Gasteiger partial charge in [0.2, 0.25) is 0 Å². The highest BCUT2D eigenvalue weighted by Crippen LogP contribution is 2.39. The van der Waals surface area contributed by atoms with Crippen molar-refractivity contribution in [2.24, 2.45) is 0 Å². The monoisotopic (exact) mass is 785 g/mol. The molecule has 0 atom stereocenters. The molecule has 0 radical (unpaired) electrons. The summed E-state index contributed by atoms with van der Waals surface area (Å²) in [6, 6.07) is 30.8. The third-order valence-electron chi connectivity index (χ3n) is 10.7. The molecule has 296 valence electrons. The molecule has 6 rings (SSSR count). The third-order valence-corrected chi connectivity index (χ3v) is 11.9. The molecule has 57 heavy (non-hydrogen) atoms. The van der Waals surface area contributed by atoms with Gasteiger partial charge in [-0.3, -0.25) is 14.5 Å². The normalized spacial score (nSPS) is 12.2. The molecule has 4 aromatic carbocycles. The number of aryl methyl sites for hydroxylation is 3. The Morgan fingerprint density at radius 1 is 0.649 bits per heavy atom. The zero-order valence-electron chi connectivity index (χ0n) is 33.2. The Balaban J connectivity index is 1.14. The minimum atomic E-state index is -0.360. The number of amides is 2. The molecule has 0 saturated heterocycles. The van der Waals surface area contributed by atoms with Crippen molar-refractivity contribution in [3.8, 4) is 0 Å². The van der Waals surface area contributed by atoms with E-state index < -0.39 is 0 Å². The quantitative estimate of drug-likeness (QED) is 0.0958. The van der Waals surface area contributed by atoms with Crippen LogP contribution in [-0.2, 0) is 48.2 Å². The van der Waals surface area contributed by atoms with Crippen molar-refractivity contribution in [1.82, 2.24) is 4.90 Å². The first-order chi connectivity index (χ1) is 27.7. The molecule has 1 aliphatic rings. The van der Waals surface area contributed by atoms with Crippen molar-refractivity contribution in [3.05, 3.63) is 152 Å². The maximum atomic E-state index is 14.0. The fraction of sp³-hybridized carbons (Fsp3) is 0.319. The molecular formula is C47H51N3O6S. The van der Waals surface area contributed by atoms with Crippen LogP contribution in [0.5, 0.6) is 0 Å². The molecule has 0 bridgehead atoms. The van der Waals surface area contributed by atoms with E-state index in [9.17, 15) is 19.2 Å². The number of ether oxygens (including phenoxy) is 2. The second-order valence-corrected chi connectivity index (χ2v) is 15.6. The number of nitrogens with zero attached hydrogens (tertiary/aromatic N) is 1. The lowest BCUT2D eigenvalue weighted by molar-refractivity contribution is 0.0591. The number of anilines is 2. The van der Waals surface area contributed by atoms with Crippen LogP contribution in [0.2, 0.25) is 0 Å². The SMILES string of the molecule is CCC(CC)N(Cc1cccc(C(=O)Nc2sc3c(c2C(=O)Nc2ccc(CCc4ccc(C(=O)OC)cc4)cc2)CCCC3)c1)Cc1cccc(C(=O)OC)c1. The maximum Gasteiger partial charge on any atom is 0.337 e. The molecule has 0 fully saturated rings. The number of esters is 2. The zero-order chi connectivity index (χ0) is 40.3. The van der Waals surface area contributed by atoms with E-state index >= 15 is 0 Å². The number of carbonyl (C=O) groups is 4. The standard InChI is InChI=1S/C47H51N3O6S/c1-5-39(6-2)50(30-34-12-10-14-37(28-34)47(54)56-4)29-33-11-9-13-36(27-33)43(51)49-45-42(40-15-7-8-16-41(40)57-45)44(52)48-38-25-21-32(22-26-38)18-17-31-19-23-35(24-20-31)46(53)55-3/h9-14,19-28,39H,5-8,15-18,29-30H2,1-4H3,(H,48,52)(H,49,51). The van der Waals surface area contributed by atoms with Gasteiger partial charge in [0, 0.05) is 35.3 Å². The van der Waals surface area contributed by atoms with E-state index in [1.165, 1.54) is 25.6 Å². The fourth-order valence-corrected chi connectivity index (χ4v) is 8.83. The Labute approximate surface area is 339 Å². The summed E-state index contributed by atoms with van der Waals surface area (Å²) in [5, 5.41) is 6.80. The molecule has 0 spiro atoms. The van der Waals surface area contributed by atoms with Crippen LogP contribution >= 0.6 is 11.3 Å².